The smallest absolute Gasteiger partial charge is 0.410 e. The first-order valence-electron chi connectivity index (χ1n) is 14.1. The first-order chi connectivity index (χ1) is 19.7. The Labute approximate surface area is 245 Å². The molecular weight excluding hydrogens is 547 g/mol. The number of carbonyl (C=O) groups excluding carboxylic acids is 2. The van der Waals surface area contributed by atoms with Crippen LogP contribution in [0.4, 0.5) is 18.0 Å². The number of alkyl halides is 3. The Bertz CT molecular complexity index is 1230. The van der Waals surface area contributed by atoms with Crippen LogP contribution in [-0.2, 0) is 9.53 Å². The number of nitriles is 1. The summed E-state index contributed by atoms with van der Waals surface area (Å²) in [6.07, 6.45) is -4.85. The molecule has 1 aliphatic rings. The normalized spacial score (nSPS) is 17.3. The number of nitrogens with one attached hydrogen (secondary N) is 3. The Kier molecular flexibility index (Phi) is 11.0. The molecule has 3 N–H and O–H groups in total. The molecule has 0 aliphatic carbocycles. The number of ether oxygens (including phenoxy) is 1. The van der Waals surface area contributed by atoms with Crippen LogP contribution in [-0.4, -0.2) is 60.9 Å². The molecule has 11 heteroatoms. The fraction of sp³-hybridized carbons (Fsp3) is 0.516. The van der Waals surface area contributed by atoms with E-state index in [1.807, 2.05) is 58.9 Å². The van der Waals surface area contributed by atoms with Crippen LogP contribution in [0.15, 0.2) is 48.5 Å². The first-order valence-corrected chi connectivity index (χ1v) is 14.1. The van der Waals surface area contributed by atoms with Crippen LogP contribution in [0.25, 0.3) is 11.1 Å². The second-order valence-electron chi connectivity index (χ2n) is 11.8. The van der Waals surface area contributed by atoms with Gasteiger partial charge in [0.05, 0.1) is 18.2 Å². The number of amides is 2. The highest BCUT2D eigenvalue weighted by molar-refractivity contribution is 5.82. The minimum Gasteiger partial charge on any atom is -0.444 e. The number of piperazine rings is 1. The third-order valence-electron chi connectivity index (χ3n) is 6.80. The molecule has 2 aromatic carbocycles. The van der Waals surface area contributed by atoms with Gasteiger partial charge in [0.1, 0.15) is 18.2 Å². The molecule has 8 nitrogen and oxygen atoms in total. The van der Waals surface area contributed by atoms with Crippen LogP contribution in [0.1, 0.15) is 64.3 Å². The Morgan fingerprint density at radius 1 is 1.07 bits per heavy atom. The molecule has 3 rings (SSSR count). The Morgan fingerprint density at radius 3 is 2.19 bits per heavy atom. The van der Waals surface area contributed by atoms with E-state index in [2.05, 4.69) is 16.0 Å². The van der Waals surface area contributed by atoms with E-state index in [-0.39, 0.29) is 36.6 Å². The average Bonchev–Trinajstić information content (AvgIpc) is 2.92. The van der Waals surface area contributed by atoms with Crippen molar-refractivity contribution in [3.05, 3.63) is 59.7 Å². The van der Waals surface area contributed by atoms with E-state index in [1.165, 1.54) is 12.1 Å². The first kappa shape index (κ1) is 32.9. The zero-order valence-electron chi connectivity index (χ0n) is 24.7. The Morgan fingerprint density at radius 2 is 1.67 bits per heavy atom. The fourth-order valence-corrected chi connectivity index (χ4v) is 4.86. The quantitative estimate of drug-likeness (QED) is 0.336. The van der Waals surface area contributed by atoms with Crippen molar-refractivity contribution in [1.82, 2.24) is 20.9 Å². The molecule has 0 bridgehead atoms. The van der Waals surface area contributed by atoms with Crippen LogP contribution < -0.4 is 16.0 Å². The lowest BCUT2D eigenvalue weighted by Gasteiger charge is -2.37. The predicted octanol–water partition coefficient (Wildman–Crippen LogP) is 5.48. The number of carbonyl (C=O) groups is 2. The molecule has 1 fully saturated rings. The number of rotatable bonds is 9. The molecule has 42 heavy (non-hydrogen) atoms. The minimum absolute atomic E-state index is 0.0222. The van der Waals surface area contributed by atoms with Gasteiger partial charge in [0, 0.05) is 19.6 Å². The zero-order valence-corrected chi connectivity index (χ0v) is 24.7. The van der Waals surface area contributed by atoms with Crippen molar-refractivity contribution in [3.63, 3.8) is 0 Å². The monoisotopic (exact) mass is 587 g/mol. The second kappa shape index (κ2) is 14.0. The van der Waals surface area contributed by atoms with Crippen molar-refractivity contribution in [2.45, 2.75) is 70.9 Å². The molecule has 2 aromatic rings. The van der Waals surface area contributed by atoms with Gasteiger partial charge in [0.25, 0.3) is 0 Å². The lowest BCUT2D eigenvalue weighted by molar-refractivity contribution is -0.161. The van der Waals surface area contributed by atoms with Gasteiger partial charge in [-0.05, 0) is 55.4 Å². The largest absolute Gasteiger partial charge is 0.444 e. The van der Waals surface area contributed by atoms with E-state index in [1.54, 1.807) is 23.1 Å². The lowest BCUT2D eigenvalue weighted by Crippen LogP contribution is -2.50. The highest BCUT2D eigenvalue weighted by Gasteiger charge is 2.43. The number of benzene rings is 2. The van der Waals surface area contributed by atoms with Gasteiger partial charge in [-0.25, -0.2) is 4.79 Å². The van der Waals surface area contributed by atoms with Crippen LogP contribution >= 0.6 is 0 Å². The number of hydrogen-bond donors (Lipinski definition) is 3. The van der Waals surface area contributed by atoms with E-state index in [9.17, 15) is 22.8 Å². The van der Waals surface area contributed by atoms with Gasteiger partial charge < -0.3 is 15.4 Å². The highest BCUT2D eigenvalue weighted by Crippen LogP contribution is 2.35. The molecule has 1 heterocycles. The Hall–Kier alpha value is -3.62. The molecule has 0 saturated carbocycles. The van der Waals surface area contributed by atoms with Gasteiger partial charge in [0.2, 0.25) is 5.91 Å². The standard InChI is InChI=1S/C31H40F3N5O3/c1-20(2)18-25(28(40)37-15-14-35)38-27(31(32,33)34)24-12-8-22(9-13-24)21-6-10-23(11-7-21)26-19-36-16-17-39(26)29(41)42-30(3,4)5/h6-13,20,25-27,36,38H,15-19H2,1-5H3,(H,37,40)/t25-,26?,27?/m0/s1. The maximum absolute atomic E-state index is 14.2. The van der Waals surface area contributed by atoms with Crippen molar-refractivity contribution < 1.29 is 27.5 Å². The highest BCUT2D eigenvalue weighted by atomic mass is 19.4. The number of halogens is 3. The van der Waals surface area contributed by atoms with Crippen LogP contribution in [0.2, 0.25) is 0 Å². The van der Waals surface area contributed by atoms with Gasteiger partial charge in [-0.3, -0.25) is 15.0 Å². The second-order valence-corrected chi connectivity index (χ2v) is 11.8. The van der Waals surface area contributed by atoms with Crippen molar-refractivity contribution in [3.8, 4) is 17.2 Å². The topological polar surface area (TPSA) is 106 Å². The third-order valence-corrected chi connectivity index (χ3v) is 6.80. The van der Waals surface area contributed by atoms with E-state index in [4.69, 9.17) is 10.00 Å². The summed E-state index contributed by atoms with van der Waals surface area (Å²) in [7, 11) is 0. The molecule has 228 valence electrons. The van der Waals surface area contributed by atoms with E-state index in [0.29, 0.717) is 19.6 Å². The summed E-state index contributed by atoms with van der Waals surface area (Å²) in [5, 5.41) is 16.9. The van der Waals surface area contributed by atoms with E-state index >= 15 is 0 Å². The van der Waals surface area contributed by atoms with Gasteiger partial charge in [0.15, 0.2) is 0 Å². The molecule has 0 radical (unpaired) electrons. The summed E-state index contributed by atoms with van der Waals surface area (Å²) in [5.41, 5.74) is 1.82. The minimum atomic E-state index is -4.65. The van der Waals surface area contributed by atoms with Crippen LogP contribution in [0.5, 0.6) is 0 Å². The molecule has 2 unspecified atom stereocenters. The summed E-state index contributed by atoms with van der Waals surface area (Å²) < 4.78 is 48.1. The van der Waals surface area contributed by atoms with Gasteiger partial charge in [-0.1, -0.05) is 62.4 Å². The average molecular weight is 588 g/mol. The van der Waals surface area contributed by atoms with Crippen molar-refractivity contribution in [2.24, 2.45) is 5.92 Å². The lowest BCUT2D eigenvalue weighted by atomic mass is 9.96. The maximum Gasteiger partial charge on any atom is 0.410 e. The molecule has 0 aromatic heterocycles. The maximum atomic E-state index is 14.2. The van der Waals surface area contributed by atoms with Crippen LogP contribution in [0.3, 0.4) is 0 Å². The molecule has 1 aliphatic heterocycles. The van der Waals surface area contributed by atoms with Crippen molar-refractivity contribution in [2.75, 3.05) is 26.2 Å². The molecule has 3 atom stereocenters. The van der Waals surface area contributed by atoms with Gasteiger partial charge >= 0.3 is 12.3 Å². The van der Waals surface area contributed by atoms with Crippen molar-refractivity contribution >= 4 is 12.0 Å². The Balaban J connectivity index is 1.79. The number of nitrogens with zero attached hydrogens (tertiary/aromatic N) is 2. The summed E-state index contributed by atoms with van der Waals surface area (Å²) in [6, 6.07) is 12.0. The summed E-state index contributed by atoms with van der Waals surface area (Å²) in [6.45, 7) is 10.6. The summed E-state index contributed by atoms with van der Waals surface area (Å²) >= 11 is 0. The van der Waals surface area contributed by atoms with Gasteiger partial charge in [-0.2, -0.15) is 18.4 Å². The van der Waals surface area contributed by atoms with Crippen LogP contribution in [0, 0.1) is 17.2 Å². The van der Waals surface area contributed by atoms with Gasteiger partial charge in [-0.15, -0.1) is 0 Å². The summed E-state index contributed by atoms with van der Waals surface area (Å²) in [5.74, 6) is -0.690. The summed E-state index contributed by atoms with van der Waals surface area (Å²) in [4.78, 5) is 27.0. The molecule has 1 saturated heterocycles. The fourth-order valence-electron chi connectivity index (χ4n) is 4.86. The predicted molar refractivity (Wildman–Crippen MR) is 154 cm³/mol. The third kappa shape index (κ3) is 9.19. The van der Waals surface area contributed by atoms with E-state index in [0.717, 1.165) is 16.7 Å². The van der Waals surface area contributed by atoms with Crippen molar-refractivity contribution in [1.29, 1.82) is 5.26 Å². The molecule has 2 amide bonds. The number of hydrogen-bond acceptors (Lipinski definition) is 6. The zero-order chi connectivity index (χ0) is 31.1. The van der Waals surface area contributed by atoms with E-state index < -0.39 is 29.8 Å². The SMILES string of the molecule is CC(C)C[C@H](NC(c1ccc(-c2ccc(C3CNCCN3C(=O)OC(C)(C)C)cc2)cc1)C(F)(F)F)C(=O)NCC#N. The molecule has 0 spiro atoms. The molecular formula is C31H40F3N5O3.